The number of methoxy groups -OCH3 is 2. The maximum Gasteiger partial charge on any atom is 0.236 e. The van der Waals surface area contributed by atoms with Crippen LogP contribution in [0.15, 0.2) is 42.5 Å². The van der Waals surface area contributed by atoms with E-state index in [1.165, 1.54) is 0 Å². The molecule has 2 aromatic carbocycles. The Morgan fingerprint density at radius 3 is 2.43 bits per heavy atom. The number of anilines is 1. The van der Waals surface area contributed by atoms with E-state index in [0.29, 0.717) is 13.1 Å². The van der Waals surface area contributed by atoms with Crippen molar-refractivity contribution in [2.45, 2.75) is 25.4 Å². The van der Waals surface area contributed by atoms with Crippen molar-refractivity contribution in [3.05, 3.63) is 53.6 Å². The highest BCUT2D eigenvalue weighted by atomic mass is 16.5. The van der Waals surface area contributed by atoms with E-state index in [1.807, 2.05) is 38.2 Å². The zero-order chi connectivity index (χ0) is 21.7. The Kier molecular flexibility index (Phi) is 7.21. The zero-order valence-electron chi connectivity index (χ0n) is 18.7. The number of amides is 1. The van der Waals surface area contributed by atoms with Gasteiger partial charge in [0.15, 0.2) is 0 Å². The molecule has 3 rings (SSSR count). The molecule has 0 bridgehead atoms. The van der Waals surface area contributed by atoms with Crippen molar-refractivity contribution in [3.8, 4) is 11.5 Å². The van der Waals surface area contributed by atoms with Crippen LogP contribution in [0.3, 0.4) is 0 Å². The lowest BCUT2D eigenvalue weighted by Gasteiger charge is -2.28. The smallest absolute Gasteiger partial charge is 0.236 e. The maximum atomic E-state index is 12.9. The van der Waals surface area contributed by atoms with Gasteiger partial charge in [-0.25, -0.2) is 0 Å². The van der Waals surface area contributed by atoms with Crippen LogP contribution >= 0.6 is 0 Å². The average Bonchev–Trinajstić information content (AvgIpc) is 3.21. The minimum Gasteiger partial charge on any atom is -0.497 e. The van der Waals surface area contributed by atoms with E-state index < -0.39 is 0 Å². The van der Waals surface area contributed by atoms with Crippen molar-refractivity contribution in [2.75, 3.05) is 53.4 Å². The summed E-state index contributed by atoms with van der Waals surface area (Å²) in [7, 11) is 9.25. The molecule has 0 aliphatic carbocycles. The minimum absolute atomic E-state index is 0.131. The van der Waals surface area contributed by atoms with Gasteiger partial charge in [0, 0.05) is 51.0 Å². The molecular weight excluding hydrogens is 378 g/mol. The van der Waals surface area contributed by atoms with Crippen molar-refractivity contribution in [1.29, 1.82) is 0 Å². The molecule has 0 radical (unpaired) electrons. The molecule has 30 heavy (non-hydrogen) atoms. The Hall–Kier alpha value is -2.73. The predicted octanol–water partition coefficient (Wildman–Crippen LogP) is 3.57. The third kappa shape index (κ3) is 5.05. The molecule has 0 N–H and O–H groups in total. The first kappa shape index (κ1) is 22.0. The van der Waals surface area contributed by atoms with E-state index in [9.17, 15) is 4.79 Å². The first-order chi connectivity index (χ1) is 14.4. The lowest BCUT2D eigenvalue weighted by Crippen LogP contribution is -2.37. The molecule has 0 saturated carbocycles. The molecule has 2 aromatic rings. The van der Waals surface area contributed by atoms with Crippen LogP contribution in [0.25, 0.3) is 0 Å². The van der Waals surface area contributed by atoms with E-state index in [-0.39, 0.29) is 11.9 Å². The third-order valence-electron chi connectivity index (χ3n) is 5.80. The fourth-order valence-corrected chi connectivity index (χ4v) is 4.02. The molecule has 0 unspecified atom stereocenters. The normalized spacial score (nSPS) is 16.4. The molecule has 1 amide bonds. The van der Waals surface area contributed by atoms with Crippen molar-refractivity contribution in [1.82, 2.24) is 9.80 Å². The molecule has 0 spiro atoms. The largest absolute Gasteiger partial charge is 0.497 e. The number of rotatable bonds is 8. The standard InChI is InChI=1S/C24H33N3O3/c1-25(2)19-10-8-18(9-11-19)16-26(3)24(28)17-27-14-6-7-22(27)21-13-12-20(29-4)15-23(21)30-5/h8-13,15,22H,6-7,14,16-17H2,1-5H3/t22-/m1/s1. The molecule has 1 heterocycles. The number of benzene rings is 2. The highest BCUT2D eigenvalue weighted by Crippen LogP contribution is 2.38. The summed E-state index contributed by atoms with van der Waals surface area (Å²) in [5.74, 6) is 1.72. The molecule has 0 aromatic heterocycles. The predicted molar refractivity (Wildman–Crippen MR) is 120 cm³/mol. The fourth-order valence-electron chi connectivity index (χ4n) is 4.02. The number of ether oxygens (including phenoxy) is 2. The van der Waals surface area contributed by atoms with Gasteiger partial charge < -0.3 is 19.3 Å². The van der Waals surface area contributed by atoms with Crippen LogP contribution < -0.4 is 14.4 Å². The maximum absolute atomic E-state index is 12.9. The molecule has 1 aliphatic rings. The third-order valence-corrected chi connectivity index (χ3v) is 5.80. The molecule has 1 fully saturated rings. The van der Waals surface area contributed by atoms with Gasteiger partial charge in [-0.2, -0.15) is 0 Å². The van der Waals surface area contributed by atoms with Crippen LogP contribution in [0.1, 0.15) is 30.0 Å². The van der Waals surface area contributed by atoms with Crippen LogP contribution in [-0.4, -0.2) is 64.2 Å². The second-order valence-electron chi connectivity index (χ2n) is 8.05. The molecule has 1 aliphatic heterocycles. The summed E-state index contributed by atoms with van der Waals surface area (Å²) >= 11 is 0. The number of hydrogen-bond acceptors (Lipinski definition) is 5. The lowest BCUT2D eigenvalue weighted by atomic mass is 10.0. The Balaban J connectivity index is 1.65. The number of hydrogen-bond donors (Lipinski definition) is 0. The Morgan fingerprint density at radius 2 is 1.80 bits per heavy atom. The second-order valence-corrected chi connectivity index (χ2v) is 8.05. The summed E-state index contributed by atoms with van der Waals surface area (Å²) in [5, 5.41) is 0. The van der Waals surface area contributed by atoms with Gasteiger partial charge in [0.1, 0.15) is 11.5 Å². The van der Waals surface area contributed by atoms with Gasteiger partial charge in [0.05, 0.1) is 20.8 Å². The second kappa shape index (κ2) is 9.85. The first-order valence-electron chi connectivity index (χ1n) is 10.4. The summed E-state index contributed by atoms with van der Waals surface area (Å²) in [4.78, 5) is 19.1. The topological polar surface area (TPSA) is 45.2 Å². The highest BCUT2D eigenvalue weighted by molar-refractivity contribution is 5.78. The van der Waals surface area contributed by atoms with Crippen molar-refractivity contribution in [2.24, 2.45) is 0 Å². The van der Waals surface area contributed by atoms with Crippen LogP contribution in [-0.2, 0) is 11.3 Å². The SMILES string of the molecule is COc1ccc([C@H]2CCCN2CC(=O)N(C)Cc2ccc(N(C)C)cc2)c(OC)c1. The summed E-state index contributed by atoms with van der Waals surface area (Å²) in [6.45, 7) is 1.93. The van der Waals surface area contributed by atoms with Crippen molar-refractivity contribution >= 4 is 11.6 Å². The number of nitrogens with zero attached hydrogens (tertiary/aromatic N) is 3. The van der Waals surface area contributed by atoms with E-state index in [1.54, 1.807) is 14.2 Å². The molecule has 1 atom stereocenters. The van der Waals surface area contributed by atoms with Gasteiger partial charge in [-0.1, -0.05) is 18.2 Å². The van der Waals surface area contributed by atoms with Gasteiger partial charge in [0.25, 0.3) is 0 Å². The first-order valence-corrected chi connectivity index (χ1v) is 10.4. The highest BCUT2D eigenvalue weighted by Gasteiger charge is 2.30. The van der Waals surface area contributed by atoms with E-state index in [4.69, 9.17) is 9.47 Å². The van der Waals surface area contributed by atoms with Gasteiger partial charge in [-0.3, -0.25) is 9.69 Å². The molecule has 6 heteroatoms. The van der Waals surface area contributed by atoms with Gasteiger partial charge >= 0.3 is 0 Å². The Morgan fingerprint density at radius 1 is 1.07 bits per heavy atom. The quantitative estimate of drug-likeness (QED) is 0.665. The minimum atomic E-state index is 0.131. The number of carbonyl (C=O) groups is 1. The van der Waals surface area contributed by atoms with E-state index >= 15 is 0 Å². The fraction of sp³-hybridized carbons (Fsp3) is 0.458. The van der Waals surface area contributed by atoms with Gasteiger partial charge in [-0.05, 0) is 43.1 Å². The van der Waals surface area contributed by atoms with Crippen LogP contribution in [0, 0.1) is 0 Å². The Labute approximate surface area is 180 Å². The monoisotopic (exact) mass is 411 g/mol. The van der Waals surface area contributed by atoms with Crippen molar-refractivity contribution < 1.29 is 14.3 Å². The average molecular weight is 412 g/mol. The summed E-state index contributed by atoms with van der Waals surface area (Å²) in [6, 6.07) is 14.4. The van der Waals surface area contributed by atoms with Gasteiger partial charge in [-0.15, -0.1) is 0 Å². The van der Waals surface area contributed by atoms with Crippen LogP contribution in [0.4, 0.5) is 5.69 Å². The summed E-state index contributed by atoms with van der Waals surface area (Å²) in [6.07, 6.45) is 2.09. The number of likely N-dealkylation sites (N-methyl/N-ethyl adjacent to an activating group) is 1. The zero-order valence-corrected chi connectivity index (χ0v) is 18.7. The number of carbonyl (C=O) groups excluding carboxylic acids is 1. The Bertz CT molecular complexity index is 851. The molecule has 162 valence electrons. The van der Waals surface area contributed by atoms with Gasteiger partial charge in [0.2, 0.25) is 5.91 Å². The lowest BCUT2D eigenvalue weighted by molar-refractivity contribution is -0.131. The van der Waals surface area contributed by atoms with Crippen LogP contribution in [0.5, 0.6) is 11.5 Å². The van der Waals surface area contributed by atoms with Crippen LogP contribution in [0.2, 0.25) is 0 Å². The summed E-state index contributed by atoms with van der Waals surface area (Å²) in [5.41, 5.74) is 3.40. The molecular formula is C24H33N3O3. The molecule has 1 saturated heterocycles. The van der Waals surface area contributed by atoms with E-state index in [2.05, 4.69) is 40.1 Å². The van der Waals surface area contributed by atoms with E-state index in [0.717, 1.165) is 47.7 Å². The van der Waals surface area contributed by atoms with Crippen molar-refractivity contribution in [3.63, 3.8) is 0 Å². The summed E-state index contributed by atoms with van der Waals surface area (Å²) < 4.78 is 10.9. The number of likely N-dealkylation sites (tertiary alicyclic amines) is 1. The molecule has 6 nitrogen and oxygen atoms in total.